The van der Waals surface area contributed by atoms with Gasteiger partial charge < -0.3 is 9.84 Å². The number of aliphatic hydroxyl groups is 1. The Kier molecular flexibility index (Phi) is 3.82. The van der Waals surface area contributed by atoms with Gasteiger partial charge in [-0.05, 0) is 19.8 Å². The molecule has 0 bridgehead atoms. The van der Waals surface area contributed by atoms with Crippen LogP contribution in [0.3, 0.4) is 0 Å². The molecule has 0 rings (SSSR count). The minimum Gasteiger partial charge on any atom is -0.366 e. The Morgan fingerprint density at radius 3 is 2.33 bits per heavy atom. The molecule has 0 saturated carbocycles. The van der Waals surface area contributed by atoms with Gasteiger partial charge in [-0.3, -0.25) is 0 Å². The van der Waals surface area contributed by atoms with Crippen molar-refractivity contribution in [2.24, 2.45) is 0 Å². The van der Waals surface area contributed by atoms with E-state index in [-0.39, 0.29) is 0 Å². The molecule has 0 saturated heterocycles. The molecule has 2 nitrogen and oxygen atoms in total. The van der Waals surface area contributed by atoms with Gasteiger partial charge in [-0.25, -0.2) is 0 Å². The third kappa shape index (κ3) is 4.43. The first-order valence-electron chi connectivity index (χ1n) is 3.48. The monoisotopic (exact) mass is 132 g/mol. The quantitative estimate of drug-likeness (QED) is 0.588. The summed E-state index contributed by atoms with van der Waals surface area (Å²) in [6.45, 7) is 6.24. The minimum absolute atomic E-state index is 0.640. The molecule has 1 N–H and O–H groups in total. The van der Waals surface area contributed by atoms with Gasteiger partial charge in [0.15, 0.2) is 5.79 Å². The maximum Gasteiger partial charge on any atom is 0.162 e. The van der Waals surface area contributed by atoms with Crippen LogP contribution < -0.4 is 0 Å². The van der Waals surface area contributed by atoms with Crippen molar-refractivity contribution in [1.29, 1.82) is 0 Å². The zero-order valence-corrected chi connectivity index (χ0v) is 6.48. The predicted octanol–water partition coefficient (Wildman–Crippen LogP) is 1.53. The summed E-state index contributed by atoms with van der Waals surface area (Å²) in [4.78, 5) is 0. The lowest BCUT2D eigenvalue weighted by molar-refractivity contribution is -0.191. The van der Waals surface area contributed by atoms with E-state index in [1.165, 1.54) is 0 Å². The Hall–Kier alpha value is -0.0800. The van der Waals surface area contributed by atoms with E-state index in [0.717, 1.165) is 6.42 Å². The van der Waals surface area contributed by atoms with Crippen LogP contribution in [0.4, 0.5) is 0 Å². The lowest BCUT2D eigenvalue weighted by Gasteiger charge is -2.21. The van der Waals surface area contributed by atoms with Gasteiger partial charge in [0.2, 0.25) is 0 Å². The lowest BCUT2D eigenvalue weighted by Crippen LogP contribution is -2.27. The highest BCUT2D eigenvalue weighted by molar-refractivity contribution is 4.54. The number of hydrogen-bond acceptors (Lipinski definition) is 2. The molecular weight excluding hydrogens is 116 g/mol. The molecule has 1 unspecified atom stereocenters. The third-order valence-electron chi connectivity index (χ3n) is 1.27. The summed E-state index contributed by atoms with van der Waals surface area (Å²) in [6.07, 6.45) is 1.60. The summed E-state index contributed by atoms with van der Waals surface area (Å²) in [7, 11) is 0. The number of rotatable bonds is 4. The van der Waals surface area contributed by atoms with E-state index in [4.69, 9.17) is 4.74 Å². The van der Waals surface area contributed by atoms with E-state index in [1.54, 1.807) is 6.92 Å². The van der Waals surface area contributed by atoms with Crippen molar-refractivity contribution in [3.63, 3.8) is 0 Å². The van der Waals surface area contributed by atoms with Gasteiger partial charge in [0, 0.05) is 6.61 Å². The van der Waals surface area contributed by atoms with E-state index >= 15 is 0 Å². The molecule has 0 aromatic carbocycles. The maximum atomic E-state index is 9.23. The Labute approximate surface area is 56.8 Å². The topological polar surface area (TPSA) is 29.5 Å². The van der Waals surface area contributed by atoms with Crippen molar-refractivity contribution in [2.45, 2.75) is 39.4 Å². The molecule has 0 aromatic rings. The van der Waals surface area contributed by atoms with Gasteiger partial charge in [-0.1, -0.05) is 13.8 Å². The van der Waals surface area contributed by atoms with Crippen LogP contribution in [0.1, 0.15) is 33.6 Å². The average molecular weight is 132 g/mol. The molecule has 1 atom stereocenters. The third-order valence-corrected chi connectivity index (χ3v) is 1.27. The Morgan fingerprint density at radius 2 is 2.00 bits per heavy atom. The summed E-state index contributed by atoms with van der Waals surface area (Å²) < 4.78 is 5.08. The molecule has 2 heteroatoms. The smallest absolute Gasteiger partial charge is 0.162 e. The highest BCUT2D eigenvalue weighted by atomic mass is 16.6. The van der Waals surface area contributed by atoms with Gasteiger partial charge in [-0.2, -0.15) is 0 Å². The molecular formula is C7H16O2. The second-order valence-corrected chi connectivity index (χ2v) is 2.38. The molecule has 0 aliphatic heterocycles. The van der Waals surface area contributed by atoms with Crippen molar-refractivity contribution >= 4 is 0 Å². The van der Waals surface area contributed by atoms with Crippen LogP contribution in [-0.2, 0) is 4.74 Å². The highest BCUT2D eigenvalue weighted by Gasteiger charge is 2.15. The fourth-order valence-corrected chi connectivity index (χ4v) is 0.424. The van der Waals surface area contributed by atoms with Gasteiger partial charge in [0.05, 0.1) is 0 Å². The largest absolute Gasteiger partial charge is 0.366 e. The van der Waals surface area contributed by atoms with Crippen LogP contribution in [0.2, 0.25) is 0 Å². The Morgan fingerprint density at radius 1 is 1.44 bits per heavy atom. The molecule has 0 aliphatic carbocycles. The molecule has 0 amide bonds. The lowest BCUT2D eigenvalue weighted by atomic mass is 10.2. The van der Waals surface area contributed by atoms with Gasteiger partial charge in [0.25, 0.3) is 0 Å². The summed E-state index contributed by atoms with van der Waals surface area (Å²) in [5.41, 5.74) is 0. The van der Waals surface area contributed by atoms with E-state index < -0.39 is 5.79 Å². The fourth-order valence-electron chi connectivity index (χ4n) is 0.424. The molecule has 0 spiro atoms. The van der Waals surface area contributed by atoms with Gasteiger partial charge >= 0.3 is 0 Å². The van der Waals surface area contributed by atoms with Crippen LogP contribution in [0.15, 0.2) is 0 Å². The van der Waals surface area contributed by atoms with Crippen LogP contribution >= 0.6 is 0 Å². The predicted molar refractivity (Wildman–Crippen MR) is 37.2 cm³/mol. The summed E-state index contributed by atoms with van der Waals surface area (Å²) in [5, 5.41) is 9.23. The molecule has 0 radical (unpaired) electrons. The van der Waals surface area contributed by atoms with Gasteiger partial charge in [0.1, 0.15) is 0 Å². The standard InChI is InChI=1S/C7H16O2/c1-4-6-9-7(3,8)5-2/h8H,4-6H2,1-3H3. The van der Waals surface area contributed by atoms with Crippen LogP contribution in [0.25, 0.3) is 0 Å². The Bertz CT molecular complexity index is 69.3. The number of hydrogen-bond donors (Lipinski definition) is 1. The van der Waals surface area contributed by atoms with Crippen LogP contribution in [-0.4, -0.2) is 17.5 Å². The van der Waals surface area contributed by atoms with Crippen molar-refractivity contribution in [3.8, 4) is 0 Å². The van der Waals surface area contributed by atoms with Crippen molar-refractivity contribution in [3.05, 3.63) is 0 Å². The Balaban J connectivity index is 3.33. The first-order valence-corrected chi connectivity index (χ1v) is 3.48. The van der Waals surface area contributed by atoms with E-state index in [1.807, 2.05) is 13.8 Å². The summed E-state index contributed by atoms with van der Waals surface area (Å²) in [6, 6.07) is 0. The van der Waals surface area contributed by atoms with Gasteiger partial charge in [-0.15, -0.1) is 0 Å². The van der Waals surface area contributed by atoms with Crippen LogP contribution in [0, 0.1) is 0 Å². The van der Waals surface area contributed by atoms with Crippen molar-refractivity contribution < 1.29 is 9.84 Å². The van der Waals surface area contributed by atoms with E-state index in [2.05, 4.69) is 0 Å². The van der Waals surface area contributed by atoms with E-state index in [9.17, 15) is 5.11 Å². The fraction of sp³-hybridized carbons (Fsp3) is 1.00. The first kappa shape index (κ1) is 8.92. The molecule has 9 heavy (non-hydrogen) atoms. The van der Waals surface area contributed by atoms with Crippen molar-refractivity contribution in [2.75, 3.05) is 6.61 Å². The van der Waals surface area contributed by atoms with Crippen molar-refractivity contribution in [1.82, 2.24) is 0 Å². The maximum absolute atomic E-state index is 9.23. The molecule has 0 aliphatic rings. The average Bonchev–Trinajstić information content (AvgIpc) is 1.84. The zero-order valence-electron chi connectivity index (χ0n) is 6.48. The normalized spacial score (nSPS) is 17.3. The SMILES string of the molecule is CCCOC(C)(O)CC. The molecule has 0 aromatic heterocycles. The second-order valence-electron chi connectivity index (χ2n) is 2.38. The zero-order chi connectivity index (χ0) is 7.33. The highest BCUT2D eigenvalue weighted by Crippen LogP contribution is 2.09. The van der Waals surface area contributed by atoms with Crippen LogP contribution in [0.5, 0.6) is 0 Å². The second kappa shape index (κ2) is 3.85. The minimum atomic E-state index is -0.907. The summed E-state index contributed by atoms with van der Waals surface area (Å²) >= 11 is 0. The molecule has 0 heterocycles. The number of ether oxygens (including phenoxy) is 1. The summed E-state index contributed by atoms with van der Waals surface area (Å²) in [5.74, 6) is -0.907. The molecule has 0 fully saturated rings. The van der Waals surface area contributed by atoms with E-state index in [0.29, 0.717) is 13.0 Å². The molecule has 56 valence electrons. The first-order chi connectivity index (χ1) is 4.12.